The third-order valence-corrected chi connectivity index (χ3v) is 7.86. The van der Waals surface area contributed by atoms with E-state index in [-0.39, 0.29) is 42.5 Å². The van der Waals surface area contributed by atoms with E-state index in [4.69, 9.17) is 5.73 Å². The molecule has 9 nitrogen and oxygen atoms in total. The standard InChI is InChI=1S/C31H36N6O3.2ClH/c1-2-35-15-17-36(18-16-35)27-12-13-33-28(20-27)31(40)37-14-4-6-25(21-37)30(39)34-26-7-3-5-24(19-26)22-8-10-23(11-9-22)29(32)38;;/h3,5,7-13,19-20,25H,2,4,6,14-18,21H2,1H3,(H2,32,38)(H,34,39);2*1H/t25-;;/m0../s1. The molecule has 0 radical (unpaired) electrons. The monoisotopic (exact) mass is 612 g/mol. The lowest BCUT2D eigenvalue weighted by atomic mass is 9.96. The number of hydrogen-bond donors (Lipinski definition) is 2. The second-order valence-corrected chi connectivity index (χ2v) is 10.4. The molecule has 0 saturated carbocycles. The van der Waals surface area contributed by atoms with Crippen LogP contribution < -0.4 is 16.0 Å². The largest absolute Gasteiger partial charge is 0.369 e. The van der Waals surface area contributed by atoms with Crippen molar-refractivity contribution < 1.29 is 14.4 Å². The van der Waals surface area contributed by atoms with Crippen molar-refractivity contribution in [1.82, 2.24) is 14.8 Å². The van der Waals surface area contributed by atoms with Crippen LogP contribution in [-0.4, -0.2) is 78.3 Å². The average molecular weight is 614 g/mol. The molecule has 42 heavy (non-hydrogen) atoms. The van der Waals surface area contributed by atoms with Crippen LogP contribution in [-0.2, 0) is 4.79 Å². The Morgan fingerprint density at radius 3 is 2.36 bits per heavy atom. The fraction of sp³-hybridized carbons (Fsp3) is 0.355. The summed E-state index contributed by atoms with van der Waals surface area (Å²) in [4.78, 5) is 48.8. The summed E-state index contributed by atoms with van der Waals surface area (Å²) in [5.74, 6) is -1.01. The van der Waals surface area contributed by atoms with Gasteiger partial charge in [0.25, 0.3) is 5.91 Å². The molecule has 3 amide bonds. The maximum absolute atomic E-state index is 13.4. The Labute approximate surface area is 259 Å². The number of likely N-dealkylation sites (tertiary alicyclic amines) is 1. The Hall–Kier alpha value is -3.66. The van der Waals surface area contributed by atoms with Gasteiger partial charge in [0, 0.05) is 62.4 Å². The zero-order valence-corrected chi connectivity index (χ0v) is 25.3. The van der Waals surface area contributed by atoms with Crippen LogP contribution in [0.3, 0.4) is 0 Å². The van der Waals surface area contributed by atoms with Gasteiger partial charge in [0.05, 0.1) is 5.92 Å². The maximum atomic E-state index is 13.4. The summed E-state index contributed by atoms with van der Waals surface area (Å²) in [6.07, 6.45) is 3.19. The Kier molecular flexibility index (Phi) is 11.7. The lowest BCUT2D eigenvalue weighted by Crippen LogP contribution is -2.46. The molecule has 1 atom stereocenters. The van der Waals surface area contributed by atoms with Gasteiger partial charge in [0.1, 0.15) is 5.69 Å². The van der Waals surface area contributed by atoms with E-state index in [2.05, 4.69) is 27.0 Å². The molecule has 3 aromatic rings. The number of benzene rings is 2. The summed E-state index contributed by atoms with van der Waals surface area (Å²) < 4.78 is 0. The highest BCUT2D eigenvalue weighted by Crippen LogP contribution is 2.26. The lowest BCUT2D eigenvalue weighted by Gasteiger charge is -2.35. The first kappa shape index (κ1) is 32.8. The van der Waals surface area contributed by atoms with Crippen molar-refractivity contribution in [2.45, 2.75) is 19.8 Å². The third kappa shape index (κ3) is 7.79. The highest BCUT2D eigenvalue weighted by atomic mass is 35.5. The predicted molar refractivity (Wildman–Crippen MR) is 171 cm³/mol. The molecule has 1 aromatic heterocycles. The van der Waals surface area contributed by atoms with E-state index in [1.807, 2.05) is 48.5 Å². The van der Waals surface area contributed by atoms with Gasteiger partial charge < -0.3 is 25.8 Å². The van der Waals surface area contributed by atoms with Crippen molar-refractivity contribution in [3.8, 4) is 11.1 Å². The normalized spacial score (nSPS) is 17.0. The number of nitrogens with one attached hydrogen (secondary N) is 1. The van der Waals surface area contributed by atoms with Gasteiger partial charge in [0.2, 0.25) is 11.8 Å². The molecule has 0 bridgehead atoms. The van der Waals surface area contributed by atoms with Crippen LogP contribution in [0.25, 0.3) is 11.1 Å². The molecular weight excluding hydrogens is 575 g/mol. The zero-order chi connectivity index (χ0) is 28.1. The molecular formula is C31H38Cl2N6O3. The Balaban J connectivity index is 0.00000242. The molecule has 2 aliphatic heterocycles. The van der Waals surface area contributed by atoms with Crippen LogP contribution in [0.2, 0.25) is 0 Å². The number of pyridine rings is 1. The van der Waals surface area contributed by atoms with Gasteiger partial charge >= 0.3 is 0 Å². The molecule has 11 heteroatoms. The van der Waals surface area contributed by atoms with Crippen molar-refractivity contribution in [3.05, 3.63) is 78.1 Å². The summed E-state index contributed by atoms with van der Waals surface area (Å²) in [7, 11) is 0. The van der Waals surface area contributed by atoms with E-state index < -0.39 is 5.91 Å². The minimum atomic E-state index is -0.471. The number of rotatable bonds is 7. The van der Waals surface area contributed by atoms with Crippen molar-refractivity contribution in [3.63, 3.8) is 0 Å². The molecule has 2 aromatic carbocycles. The molecule has 2 aliphatic rings. The Morgan fingerprint density at radius 2 is 1.67 bits per heavy atom. The van der Waals surface area contributed by atoms with Gasteiger partial charge in [-0.15, -0.1) is 24.8 Å². The summed E-state index contributed by atoms with van der Waals surface area (Å²) in [5.41, 5.74) is 9.74. The van der Waals surface area contributed by atoms with Crippen LogP contribution in [0.1, 0.15) is 40.6 Å². The first-order valence-electron chi connectivity index (χ1n) is 13.9. The molecule has 0 aliphatic carbocycles. The van der Waals surface area contributed by atoms with Crippen molar-refractivity contribution in [2.75, 3.05) is 56.0 Å². The highest BCUT2D eigenvalue weighted by molar-refractivity contribution is 5.96. The summed E-state index contributed by atoms with van der Waals surface area (Å²) in [6.45, 7) is 8.07. The number of nitrogens with zero attached hydrogens (tertiary/aromatic N) is 4. The van der Waals surface area contributed by atoms with Crippen LogP contribution >= 0.6 is 24.8 Å². The van der Waals surface area contributed by atoms with Crippen molar-refractivity contribution in [2.24, 2.45) is 11.7 Å². The number of carbonyl (C=O) groups is 3. The van der Waals surface area contributed by atoms with Gasteiger partial charge in [-0.05, 0) is 66.9 Å². The first-order chi connectivity index (χ1) is 19.4. The van der Waals surface area contributed by atoms with E-state index in [0.29, 0.717) is 30.0 Å². The van der Waals surface area contributed by atoms with Crippen LogP contribution in [0.15, 0.2) is 66.9 Å². The zero-order valence-electron chi connectivity index (χ0n) is 23.7. The number of hydrogen-bond acceptors (Lipinski definition) is 6. The highest BCUT2D eigenvalue weighted by Gasteiger charge is 2.30. The number of aromatic nitrogens is 1. The average Bonchev–Trinajstić information content (AvgIpc) is 3.01. The third-order valence-electron chi connectivity index (χ3n) is 7.86. The minimum absolute atomic E-state index is 0. The van der Waals surface area contributed by atoms with Gasteiger partial charge in [-0.3, -0.25) is 19.4 Å². The summed E-state index contributed by atoms with van der Waals surface area (Å²) >= 11 is 0. The second kappa shape index (κ2) is 15.0. The Morgan fingerprint density at radius 1 is 0.929 bits per heavy atom. The van der Waals surface area contributed by atoms with Gasteiger partial charge in [0.15, 0.2) is 0 Å². The molecule has 5 rings (SSSR count). The number of primary amides is 1. The Bertz CT molecular complexity index is 1380. The predicted octanol–water partition coefficient (Wildman–Crippen LogP) is 4.32. The van der Waals surface area contributed by atoms with E-state index >= 15 is 0 Å². The number of carbonyl (C=O) groups excluding carboxylic acids is 3. The number of amides is 3. The quantitative estimate of drug-likeness (QED) is 0.411. The van der Waals surface area contributed by atoms with E-state index in [0.717, 1.165) is 62.4 Å². The molecule has 224 valence electrons. The van der Waals surface area contributed by atoms with Crippen LogP contribution in [0, 0.1) is 5.92 Å². The van der Waals surface area contributed by atoms with E-state index in [1.54, 1.807) is 23.2 Å². The molecule has 0 unspecified atom stereocenters. The molecule has 3 N–H and O–H groups in total. The topological polar surface area (TPSA) is 112 Å². The number of anilines is 2. The maximum Gasteiger partial charge on any atom is 0.272 e. The smallest absolute Gasteiger partial charge is 0.272 e. The van der Waals surface area contributed by atoms with Crippen molar-refractivity contribution >= 4 is 53.9 Å². The number of nitrogens with two attached hydrogens (primary N) is 1. The van der Waals surface area contributed by atoms with E-state index in [1.165, 1.54) is 0 Å². The fourth-order valence-corrected chi connectivity index (χ4v) is 5.44. The summed E-state index contributed by atoms with van der Waals surface area (Å²) in [6, 6.07) is 18.5. The van der Waals surface area contributed by atoms with Gasteiger partial charge in [-0.1, -0.05) is 31.2 Å². The lowest BCUT2D eigenvalue weighted by molar-refractivity contribution is -0.121. The van der Waals surface area contributed by atoms with Crippen LogP contribution in [0.4, 0.5) is 11.4 Å². The molecule has 3 heterocycles. The molecule has 2 fully saturated rings. The number of piperazine rings is 1. The second-order valence-electron chi connectivity index (χ2n) is 10.4. The number of halogens is 2. The molecule has 2 saturated heterocycles. The molecule has 0 spiro atoms. The van der Waals surface area contributed by atoms with Crippen LogP contribution in [0.5, 0.6) is 0 Å². The van der Waals surface area contributed by atoms with E-state index in [9.17, 15) is 14.4 Å². The SMILES string of the molecule is CCN1CCN(c2ccnc(C(=O)N3CCC[C@H](C(=O)Nc4cccc(-c5ccc(C(N)=O)cc5)c4)C3)c2)CC1.Cl.Cl. The fourth-order valence-electron chi connectivity index (χ4n) is 5.44. The first-order valence-corrected chi connectivity index (χ1v) is 13.9. The number of piperidine rings is 1. The van der Waals surface area contributed by atoms with Gasteiger partial charge in [-0.2, -0.15) is 0 Å². The van der Waals surface area contributed by atoms with Crippen molar-refractivity contribution in [1.29, 1.82) is 0 Å². The van der Waals surface area contributed by atoms with Gasteiger partial charge in [-0.25, -0.2) is 0 Å². The minimum Gasteiger partial charge on any atom is -0.369 e. The summed E-state index contributed by atoms with van der Waals surface area (Å²) in [5, 5.41) is 3.03. The number of likely N-dealkylation sites (N-methyl/N-ethyl adjacent to an activating group) is 1.